The van der Waals surface area contributed by atoms with Crippen LogP contribution in [-0.2, 0) is 14.3 Å². The van der Waals surface area contributed by atoms with Crippen molar-refractivity contribution < 1.29 is 27.5 Å². The molecule has 19 heavy (non-hydrogen) atoms. The van der Waals surface area contributed by atoms with Gasteiger partial charge in [0.2, 0.25) is 0 Å². The Hall–Kier alpha value is -1.27. The van der Waals surface area contributed by atoms with Gasteiger partial charge in [0.05, 0.1) is 6.10 Å². The van der Waals surface area contributed by atoms with Crippen molar-refractivity contribution in [2.75, 3.05) is 0 Å². The van der Waals surface area contributed by atoms with Crippen LogP contribution >= 0.6 is 0 Å². The summed E-state index contributed by atoms with van der Waals surface area (Å²) in [6.07, 6.45) is -3.47. The van der Waals surface area contributed by atoms with Gasteiger partial charge in [-0.1, -0.05) is 26.7 Å². The molecule has 112 valence electrons. The summed E-state index contributed by atoms with van der Waals surface area (Å²) in [4.78, 5) is 22.5. The molecule has 1 N–H and O–H groups in total. The fraction of sp³-hybridized carbons (Fsp3) is 0.833. The highest BCUT2D eigenvalue weighted by Gasteiger charge is 2.41. The van der Waals surface area contributed by atoms with Crippen molar-refractivity contribution in [3.05, 3.63) is 0 Å². The molecule has 0 fully saturated rings. The van der Waals surface area contributed by atoms with E-state index in [-0.39, 0.29) is 12.5 Å². The minimum absolute atomic E-state index is 0.133. The van der Waals surface area contributed by atoms with Gasteiger partial charge in [0.1, 0.15) is 6.04 Å². The zero-order chi connectivity index (χ0) is 15.1. The molecule has 0 rings (SSSR count). The first kappa shape index (κ1) is 17.7. The molecule has 0 heterocycles. The number of carbonyl (C=O) groups is 2. The number of nitrogens with one attached hydrogen (secondary N) is 1. The summed E-state index contributed by atoms with van der Waals surface area (Å²) < 4.78 is 41.4. The largest absolute Gasteiger partial charge is 0.471 e. The number of halogens is 3. The Labute approximate surface area is 110 Å². The molecule has 1 unspecified atom stereocenters. The van der Waals surface area contributed by atoms with Crippen LogP contribution < -0.4 is 5.32 Å². The van der Waals surface area contributed by atoms with Gasteiger partial charge >= 0.3 is 18.1 Å². The second-order valence-corrected chi connectivity index (χ2v) is 4.32. The van der Waals surface area contributed by atoms with Crippen LogP contribution in [0.3, 0.4) is 0 Å². The fourth-order valence-corrected chi connectivity index (χ4v) is 1.26. The minimum Gasteiger partial charge on any atom is -0.461 e. The molecule has 0 saturated carbocycles. The van der Waals surface area contributed by atoms with Crippen molar-refractivity contribution in [1.29, 1.82) is 0 Å². The van der Waals surface area contributed by atoms with Crippen LogP contribution in [0.2, 0.25) is 0 Å². The Morgan fingerprint density at radius 3 is 2.26 bits per heavy atom. The third-order valence-electron chi connectivity index (χ3n) is 2.59. The minimum atomic E-state index is -5.00. The summed E-state index contributed by atoms with van der Waals surface area (Å²) in [6.45, 7) is 5.26. The van der Waals surface area contributed by atoms with Crippen molar-refractivity contribution in [3.63, 3.8) is 0 Å². The average Bonchev–Trinajstić information content (AvgIpc) is 2.32. The van der Waals surface area contributed by atoms with Gasteiger partial charge in [-0.15, -0.1) is 0 Å². The van der Waals surface area contributed by atoms with Crippen LogP contribution in [0.5, 0.6) is 0 Å². The van der Waals surface area contributed by atoms with Crippen LogP contribution in [0.4, 0.5) is 13.2 Å². The van der Waals surface area contributed by atoms with Gasteiger partial charge in [-0.25, -0.2) is 4.79 Å². The highest BCUT2D eigenvalue weighted by atomic mass is 19.4. The number of amides is 1. The lowest BCUT2D eigenvalue weighted by Gasteiger charge is -2.20. The molecule has 0 aromatic rings. The summed E-state index contributed by atoms with van der Waals surface area (Å²) in [6, 6.07) is -1.25. The molecule has 0 radical (unpaired) electrons. The smallest absolute Gasteiger partial charge is 0.461 e. The van der Waals surface area contributed by atoms with Crippen LogP contribution in [0, 0.1) is 0 Å². The van der Waals surface area contributed by atoms with Crippen LogP contribution in [0.15, 0.2) is 0 Å². The van der Waals surface area contributed by atoms with Crippen molar-refractivity contribution in [2.24, 2.45) is 0 Å². The van der Waals surface area contributed by atoms with Gasteiger partial charge in [-0.2, -0.15) is 13.2 Å². The number of unbranched alkanes of at least 4 members (excludes halogenated alkanes) is 1. The third kappa shape index (κ3) is 7.03. The maximum Gasteiger partial charge on any atom is 0.471 e. The van der Waals surface area contributed by atoms with E-state index in [4.69, 9.17) is 4.74 Å². The molecule has 0 saturated heterocycles. The van der Waals surface area contributed by atoms with E-state index in [0.29, 0.717) is 19.3 Å². The molecule has 0 spiro atoms. The molecule has 0 aliphatic rings. The lowest BCUT2D eigenvalue weighted by Crippen LogP contribution is -2.47. The van der Waals surface area contributed by atoms with Crippen LogP contribution in [0.25, 0.3) is 0 Å². The molecule has 0 aliphatic heterocycles. The maximum absolute atomic E-state index is 12.2. The first-order chi connectivity index (χ1) is 8.72. The molecule has 7 heteroatoms. The molecule has 0 aromatic carbocycles. The van der Waals surface area contributed by atoms with E-state index in [1.54, 1.807) is 19.2 Å². The monoisotopic (exact) mass is 283 g/mol. The number of hydrogen-bond acceptors (Lipinski definition) is 3. The van der Waals surface area contributed by atoms with E-state index >= 15 is 0 Å². The number of alkyl halides is 3. The lowest BCUT2D eigenvalue weighted by atomic mass is 10.1. The predicted octanol–water partition coefficient (Wildman–Crippen LogP) is 2.57. The van der Waals surface area contributed by atoms with Crippen molar-refractivity contribution in [3.8, 4) is 0 Å². The number of esters is 1. The van der Waals surface area contributed by atoms with Crippen molar-refractivity contribution in [2.45, 2.75) is 64.8 Å². The van der Waals surface area contributed by atoms with Gasteiger partial charge < -0.3 is 10.1 Å². The molecule has 0 aliphatic carbocycles. The Kier molecular flexibility index (Phi) is 7.48. The number of carbonyl (C=O) groups excluding carboxylic acids is 2. The Balaban J connectivity index is 4.62. The molecule has 2 atom stereocenters. The second-order valence-electron chi connectivity index (χ2n) is 4.32. The zero-order valence-corrected chi connectivity index (χ0v) is 11.3. The maximum atomic E-state index is 12.2. The average molecular weight is 283 g/mol. The Morgan fingerprint density at radius 2 is 1.84 bits per heavy atom. The van der Waals surface area contributed by atoms with E-state index in [1.165, 1.54) is 0 Å². The summed E-state index contributed by atoms with van der Waals surface area (Å²) in [5.74, 6) is -2.94. The molecule has 0 bridgehead atoms. The van der Waals surface area contributed by atoms with Gasteiger partial charge in [0.25, 0.3) is 0 Å². The zero-order valence-electron chi connectivity index (χ0n) is 11.3. The third-order valence-corrected chi connectivity index (χ3v) is 2.59. The van der Waals surface area contributed by atoms with E-state index in [9.17, 15) is 22.8 Å². The number of hydrogen-bond donors (Lipinski definition) is 1. The summed E-state index contributed by atoms with van der Waals surface area (Å²) in [5, 5.41) is 1.68. The predicted molar refractivity (Wildman–Crippen MR) is 63.4 cm³/mol. The normalized spacial score (nSPS) is 14.6. The highest BCUT2D eigenvalue weighted by Crippen LogP contribution is 2.16. The Morgan fingerprint density at radius 1 is 1.26 bits per heavy atom. The molecule has 4 nitrogen and oxygen atoms in total. The first-order valence-electron chi connectivity index (χ1n) is 6.30. The van der Waals surface area contributed by atoms with E-state index < -0.39 is 24.1 Å². The van der Waals surface area contributed by atoms with E-state index in [2.05, 4.69) is 0 Å². The molecule has 0 aromatic heterocycles. The number of ether oxygens (including phenoxy) is 1. The second kappa shape index (κ2) is 8.01. The van der Waals surface area contributed by atoms with Crippen LogP contribution in [-0.4, -0.2) is 30.2 Å². The summed E-state index contributed by atoms with van der Waals surface area (Å²) in [5.41, 5.74) is 0. The van der Waals surface area contributed by atoms with Crippen molar-refractivity contribution in [1.82, 2.24) is 5.32 Å². The van der Waals surface area contributed by atoms with Crippen LogP contribution in [0.1, 0.15) is 46.5 Å². The van der Waals surface area contributed by atoms with Crippen molar-refractivity contribution >= 4 is 11.9 Å². The summed E-state index contributed by atoms with van der Waals surface area (Å²) >= 11 is 0. The molecular weight excluding hydrogens is 263 g/mol. The quantitative estimate of drug-likeness (QED) is 0.731. The number of rotatable bonds is 7. The van der Waals surface area contributed by atoms with Gasteiger partial charge in [0.15, 0.2) is 0 Å². The van der Waals surface area contributed by atoms with E-state index in [0.717, 1.165) is 0 Å². The summed E-state index contributed by atoms with van der Waals surface area (Å²) in [7, 11) is 0. The first-order valence-corrected chi connectivity index (χ1v) is 6.30. The standard InChI is InChI=1S/C12H20F3NO3/c1-4-6-7-9(10(17)19-8(3)5-2)16-11(18)12(13,14)15/h8-9H,4-7H2,1-3H3,(H,16,18)/t8?,9-/m0/s1. The van der Waals surface area contributed by atoms with Gasteiger partial charge in [0, 0.05) is 0 Å². The molecular formula is C12H20F3NO3. The topological polar surface area (TPSA) is 55.4 Å². The lowest BCUT2D eigenvalue weighted by molar-refractivity contribution is -0.176. The fourth-order valence-electron chi connectivity index (χ4n) is 1.26. The SMILES string of the molecule is CCCC[C@H](NC(=O)C(F)(F)F)C(=O)OC(C)CC. The van der Waals surface area contributed by atoms with E-state index in [1.807, 2.05) is 6.92 Å². The van der Waals surface area contributed by atoms with Gasteiger partial charge in [-0.05, 0) is 19.8 Å². The highest BCUT2D eigenvalue weighted by molar-refractivity contribution is 5.87. The Bertz CT molecular complexity index is 305. The molecule has 1 amide bonds. The van der Waals surface area contributed by atoms with Gasteiger partial charge in [-0.3, -0.25) is 4.79 Å².